The number of carbonyl (C=O) groups is 2. The van der Waals surface area contributed by atoms with Gasteiger partial charge in [0.25, 0.3) is 0 Å². The standard InChI is InChI=1S/C20H16FNO5S/c1-25-14-6-3-12(4-7-14)19-22-16(11-28-19)20(24)27-10-17(23)15-9-13(21)5-8-18(15)26-2/h3-9,11H,10H2,1-2H3. The molecule has 0 spiro atoms. The molecule has 1 heterocycles. The number of Topliss-reactive ketones (excluding diaryl/α,β-unsaturated/α-hetero) is 1. The maximum atomic E-state index is 13.4. The van der Waals surface area contributed by atoms with Crippen LogP contribution >= 0.6 is 11.3 Å². The molecule has 0 radical (unpaired) electrons. The van der Waals surface area contributed by atoms with Crippen LogP contribution in [0.5, 0.6) is 11.5 Å². The third-order valence-corrected chi connectivity index (χ3v) is 4.74. The summed E-state index contributed by atoms with van der Waals surface area (Å²) in [4.78, 5) is 28.7. The quantitative estimate of drug-likeness (QED) is 0.440. The third-order valence-electron chi connectivity index (χ3n) is 3.85. The molecule has 0 N–H and O–H groups in total. The largest absolute Gasteiger partial charge is 0.497 e. The summed E-state index contributed by atoms with van der Waals surface area (Å²) in [5.74, 6) is -0.974. The van der Waals surface area contributed by atoms with Gasteiger partial charge in [-0.3, -0.25) is 4.79 Å². The minimum atomic E-state index is -0.736. The van der Waals surface area contributed by atoms with Crippen LogP contribution in [0.1, 0.15) is 20.8 Å². The fourth-order valence-electron chi connectivity index (χ4n) is 2.41. The maximum Gasteiger partial charge on any atom is 0.358 e. The van der Waals surface area contributed by atoms with Crippen LogP contribution in [0.15, 0.2) is 47.8 Å². The Bertz CT molecular complexity index is 1000. The summed E-state index contributed by atoms with van der Waals surface area (Å²) >= 11 is 1.28. The number of carbonyl (C=O) groups excluding carboxylic acids is 2. The van der Waals surface area contributed by atoms with E-state index in [0.717, 1.165) is 11.6 Å². The highest BCUT2D eigenvalue weighted by atomic mass is 32.1. The van der Waals surface area contributed by atoms with Crippen LogP contribution < -0.4 is 9.47 Å². The van der Waals surface area contributed by atoms with Gasteiger partial charge in [-0.15, -0.1) is 11.3 Å². The molecule has 0 aliphatic heterocycles. The monoisotopic (exact) mass is 401 g/mol. The number of hydrogen-bond donors (Lipinski definition) is 0. The van der Waals surface area contributed by atoms with Gasteiger partial charge in [-0.25, -0.2) is 14.2 Å². The number of ketones is 1. The molecule has 0 aliphatic carbocycles. The van der Waals surface area contributed by atoms with Crippen LogP contribution in [0.4, 0.5) is 4.39 Å². The lowest BCUT2D eigenvalue weighted by Gasteiger charge is -2.08. The van der Waals surface area contributed by atoms with Crippen LogP contribution in [0.25, 0.3) is 10.6 Å². The lowest BCUT2D eigenvalue weighted by Crippen LogP contribution is -2.15. The van der Waals surface area contributed by atoms with Crippen LogP contribution in [-0.2, 0) is 4.74 Å². The molecule has 0 saturated heterocycles. The van der Waals surface area contributed by atoms with Gasteiger partial charge in [0.1, 0.15) is 22.3 Å². The third kappa shape index (κ3) is 4.34. The SMILES string of the molecule is COc1ccc(-c2nc(C(=O)OCC(=O)c3cc(F)ccc3OC)cs2)cc1. The lowest BCUT2D eigenvalue weighted by atomic mass is 10.1. The van der Waals surface area contributed by atoms with Gasteiger partial charge in [0.15, 0.2) is 12.3 Å². The van der Waals surface area contributed by atoms with Gasteiger partial charge in [0.05, 0.1) is 19.8 Å². The minimum Gasteiger partial charge on any atom is -0.497 e. The van der Waals surface area contributed by atoms with Gasteiger partial charge in [-0.05, 0) is 42.5 Å². The van der Waals surface area contributed by atoms with Gasteiger partial charge in [0, 0.05) is 10.9 Å². The van der Waals surface area contributed by atoms with E-state index < -0.39 is 24.2 Å². The summed E-state index contributed by atoms with van der Waals surface area (Å²) in [6, 6.07) is 10.8. The van der Waals surface area contributed by atoms with Crippen molar-refractivity contribution in [1.29, 1.82) is 0 Å². The summed E-state index contributed by atoms with van der Waals surface area (Å²) in [6.45, 7) is -0.548. The van der Waals surface area contributed by atoms with Gasteiger partial charge in [-0.1, -0.05) is 0 Å². The van der Waals surface area contributed by atoms with E-state index in [0.29, 0.717) is 10.8 Å². The molecular formula is C20H16FNO5S. The van der Waals surface area contributed by atoms with Crippen LogP contribution in [0, 0.1) is 5.82 Å². The van der Waals surface area contributed by atoms with Gasteiger partial charge >= 0.3 is 5.97 Å². The zero-order valence-corrected chi connectivity index (χ0v) is 15.9. The summed E-state index contributed by atoms with van der Waals surface area (Å²) in [7, 11) is 2.94. The highest BCUT2D eigenvalue weighted by molar-refractivity contribution is 7.13. The average Bonchev–Trinajstić information content (AvgIpc) is 3.22. The highest BCUT2D eigenvalue weighted by Gasteiger charge is 2.18. The van der Waals surface area contributed by atoms with E-state index in [4.69, 9.17) is 14.2 Å². The maximum absolute atomic E-state index is 13.4. The van der Waals surface area contributed by atoms with Crippen LogP contribution in [-0.4, -0.2) is 37.6 Å². The fourth-order valence-corrected chi connectivity index (χ4v) is 3.21. The molecule has 3 rings (SSSR count). The summed E-state index contributed by atoms with van der Waals surface area (Å²) < 4.78 is 28.6. The lowest BCUT2D eigenvalue weighted by molar-refractivity contribution is 0.0469. The molecule has 6 nitrogen and oxygen atoms in total. The second-order valence-electron chi connectivity index (χ2n) is 5.61. The first kappa shape index (κ1) is 19.5. The Hall–Kier alpha value is -3.26. The minimum absolute atomic E-state index is 0.00694. The van der Waals surface area contributed by atoms with Crippen molar-refractivity contribution in [2.45, 2.75) is 0 Å². The number of hydrogen-bond acceptors (Lipinski definition) is 7. The van der Waals surface area contributed by atoms with Crippen molar-refractivity contribution >= 4 is 23.1 Å². The molecule has 8 heteroatoms. The number of esters is 1. The van der Waals surface area contributed by atoms with Crippen molar-refractivity contribution in [3.63, 3.8) is 0 Å². The molecule has 0 unspecified atom stereocenters. The van der Waals surface area contributed by atoms with E-state index in [1.165, 1.54) is 30.6 Å². The first-order valence-corrected chi connectivity index (χ1v) is 9.03. The first-order chi connectivity index (χ1) is 13.5. The highest BCUT2D eigenvalue weighted by Crippen LogP contribution is 2.26. The molecule has 1 aromatic heterocycles. The molecular weight excluding hydrogens is 385 g/mol. The molecule has 0 saturated carbocycles. The molecule has 144 valence electrons. The van der Waals surface area contributed by atoms with Crippen molar-refractivity contribution in [3.05, 3.63) is 64.9 Å². The fraction of sp³-hybridized carbons (Fsp3) is 0.150. The Morgan fingerprint density at radius 2 is 1.82 bits per heavy atom. The average molecular weight is 401 g/mol. The van der Waals surface area contributed by atoms with E-state index in [-0.39, 0.29) is 17.0 Å². The zero-order valence-electron chi connectivity index (χ0n) is 15.1. The zero-order chi connectivity index (χ0) is 20.1. The predicted molar refractivity (Wildman–Crippen MR) is 102 cm³/mol. The molecule has 2 aromatic carbocycles. The Morgan fingerprint density at radius 1 is 1.07 bits per heavy atom. The summed E-state index contributed by atoms with van der Waals surface area (Å²) in [5, 5.41) is 2.18. The van der Waals surface area contributed by atoms with Crippen molar-refractivity contribution in [2.75, 3.05) is 20.8 Å². The number of thiazole rings is 1. The van der Waals surface area contributed by atoms with Gasteiger partial charge < -0.3 is 14.2 Å². The van der Waals surface area contributed by atoms with E-state index in [9.17, 15) is 14.0 Å². The molecule has 0 amide bonds. The molecule has 3 aromatic rings. The van der Waals surface area contributed by atoms with Gasteiger partial charge in [0.2, 0.25) is 5.78 Å². The number of aromatic nitrogens is 1. The number of benzene rings is 2. The van der Waals surface area contributed by atoms with Crippen LogP contribution in [0.2, 0.25) is 0 Å². The molecule has 0 fully saturated rings. The number of ether oxygens (including phenoxy) is 3. The normalized spacial score (nSPS) is 10.4. The Balaban J connectivity index is 1.66. The van der Waals surface area contributed by atoms with Crippen molar-refractivity contribution < 1.29 is 28.2 Å². The van der Waals surface area contributed by atoms with E-state index in [2.05, 4.69) is 4.98 Å². The van der Waals surface area contributed by atoms with Crippen LogP contribution in [0.3, 0.4) is 0 Å². The summed E-state index contributed by atoms with van der Waals surface area (Å²) in [6.07, 6.45) is 0. The smallest absolute Gasteiger partial charge is 0.358 e. The molecule has 0 atom stereocenters. The Morgan fingerprint density at radius 3 is 2.50 bits per heavy atom. The number of rotatable bonds is 7. The topological polar surface area (TPSA) is 74.7 Å². The second-order valence-corrected chi connectivity index (χ2v) is 6.47. The second kappa shape index (κ2) is 8.62. The summed E-state index contributed by atoms with van der Waals surface area (Å²) in [5.41, 5.74) is 0.924. The molecule has 0 bridgehead atoms. The first-order valence-electron chi connectivity index (χ1n) is 8.15. The van der Waals surface area contributed by atoms with Gasteiger partial charge in [-0.2, -0.15) is 0 Å². The molecule has 0 aliphatic rings. The number of halogens is 1. The number of nitrogens with zero attached hydrogens (tertiary/aromatic N) is 1. The predicted octanol–water partition coefficient (Wildman–Crippen LogP) is 4.01. The molecule has 28 heavy (non-hydrogen) atoms. The van der Waals surface area contributed by atoms with E-state index >= 15 is 0 Å². The Kier molecular flexibility index (Phi) is 6.00. The number of methoxy groups -OCH3 is 2. The van der Waals surface area contributed by atoms with E-state index in [1.807, 2.05) is 12.1 Å². The van der Waals surface area contributed by atoms with E-state index in [1.54, 1.807) is 24.6 Å². The van der Waals surface area contributed by atoms with Crippen molar-refractivity contribution in [3.8, 4) is 22.1 Å². The Labute approximate surface area is 164 Å². The van der Waals surface area contributed by atoms with Crippen molar-refractivity contribution in [1.82, 2.24) is 4.98 Å². The van der Waals surface area contributed by atoms with Crippen molar-refractivity contribution in [2.24, 2.45) is 0 Å².